The highest BCUT2D eigenvalue weighted by molar-refractivity contribution is 9.10. The van der Waals surface area contributed by atoms with E-state index >= 15 is 0 Å². The molecule has 0 N–H and O–H groups in total. The maximum atomic E-state index is 12.8. The maximum Gasteiger partial charge on any atom is 0.310 e. The van der Waals surface area contributed by atoms with E-state index in [2.05, 4.69) is 21.0 Å². The topological polar surface area (TPSA) is 59.0 Å². The molecule has 0 spiro atoms. The third kappa shape index (κ3) is 3.05. The van der Waals surface area contributed by atoms with Crippen LogP contribution < -0.4 is 0 Å². The van der Waals surface area contributed by atoms with Gasteiger partial charge in [0.25, 0.3) is 0 Å². The number of amides is 1. The lowest BCUT2D eigenvalue weighted by atomic mass is 10.0. The van der Waals surface area contributed by atoms with Gasteiger partial charge in [0.05, 0.1) is 12.0 Å². The van der Waals surface area contributed by atoms with E-state index in [1.807, 2.05) is 43.3 Å². The molecule has 126 valence electrons. The van der Waals surface area contributed by atoms with Crippen LogP contribution in [-0.2, 0) is 0 Å². The molecule has 6 heteroatoms. The van der Waals surface area contributed by atoms with Crippen molar-refractivity contribution < 1.29 is 13.6 Å². The summed E-state index contributed by atoms with van der Waals surface area (Å²) in [5.41, 5.74) is 1.82. The zero-order chi connectivity index (χ0) is 17.4. The number of carbonyl (C=O) groups excluding carboxylic acids is 1. The number of benzene rings is 1. The van der Waals surface area contributed by atoms with E-state index in [9.17, 15) is 4.79 Å². The summed E-state index contributed by atoms with van der Waals surface area (Å²) in [5, 5.41) is 6.03. The highest BCUT2D eigenvalue weighted by Gasteiger charge is 2.36. The highest BCUT2D eigenvalue weighted by atomic mass is 79.9. The van der Waals surface area contributed by atoms with E-state index in [-0.39, 0.29) is 17.7 Å². The van der Waals surface area contributed by atoms with Crippen LogP contribution in [0.25, 0.3) is 0 Å². The van der Waals surface area contributed by atoms with Crippen LogP contribution in [0, 0.1) is 6.92 Å². The van der Waals surface area contributed by atoms with Gasteiger partial charge in [0, 0.05) is 10.9 Å². The number of rotatable bonds is 3. The number of halogens is 1. The molecule has 0 radical (unpaired) electrons. The SMILES string of the molecule is Cc1ccc([C@H]2CC(c3ccc(Br)cc3)=NN2C(=O)c2ccco2)o1. The molecule has 0 unspecified atom stereocenters. The fraction of sp³-hybridized carbons (Fsp3) is 0.158. The molecule has 3 aromatic rings. The maximum absolute atomic E-state index is 12.8. The molecule has 3 heterocycles. The number of hydrogen-bond acceptors (Lipinski definition) is 4. The molecule has 0 fully saturated rings. The highest BCUT2D eigenvalue weighted by Crippen LogP contribution is 2.35. The first kappa shape index (κ1) is 15.9. The summed E-state index contributed by atoms with van der Waals surface area (Å²) in [6.07, 6.45) is 2.07. The molecule has 0 bridgehead atoms. The average molecular weight is 399 g/mol. The number of hydrazone groups is 1. The predicted octanol–water partition coefficient (Wildman–Crippen LogP) is 4.94. The van der Waals surface area contributed by atoms with E-state index in [0.717, 1.165) is 21.5 Å². The molecule has 1 aliphatic heterocycles. The third-order valence-electron chi connectivity index (χ3n) is 4.12. The van der Waals surface area contributed by atoms with Gasteiger partial charge in [-0.05, 0) is 48.9 Å². The van der Waals surface area contributed by atoms with Gasteiger partial charge in [0.15, 0.2) is 5.76 Å². The summed E-state index contributed by atoms with van der Waals surface area (Å²) >= 11 is 3.43. The van der Waals surface area contributed by atoms with Crippen molar-refractivity contribution in [2.45, 2.75) is 19.4 Å². The summed E-state index contributed by atoms with van der Waals surface area (Å²) in [7, 11) is 0. The minimum atomic E-state index is -0.287. The Hall–Kier alpha value is -2.60. The van der Waals surface area contributed by atoms with Crippen molar-refractivity contribution in [1.82, 2.24) is 5.01 Å². The van der Waals surface area contributed by atoms with E-state index in [0.29, 0.717) is 12.2 Å². The molecular weight excluding hydrogens is 384 g/mol. The Kier molecular flexibility index (Phi) is 4.05. The summed E-state index contributed by atoms with van der Waals surface area (Å²) in [6, 6.07) is 14.7. The van der Waals surface area contributed by atoms with Crippen molar-refractivity contribution in [2.24, 2.45) is 5.10 Å². The average Bonchev–Trinajstić information content (AvgIpc) is 3.35. The second kappa shape index (κ2) is 6.37. The molecule has 5 nitrogen and oxygen atoms in total. The quantitative estimate of drug-likeness (QED) is 0.627. The van der Waals surface area contributed by atoms with E-state index in [1.165, 1.54) is 11.3 Å². The first-order chi connectivity index (χ1) is 12.1. The summed E-state index contributed by atoms with van der Waals surface area (Å²) < 4.78 is 12.0. The number of aryl methyl sites for hydroxylation is 1. The lowest BCUT2D eigenvalue weighted by Gasteiger charge is -2.18. The Morgan fingerprint density at radius 1 is 1.20 bits per heavy atom. The summed E-state index contributed by atoms with van der Waals surface area (Å²) in [5.74, 6) is 1.50. The molecular formula is C19H15BrN2O3. The van der Waals surface area contributed by atoms with Crippen molar-refractivity contribution in [3.63, 3.8) is 0 Å². The molecule has 25 heavy (non-hydrogen) atoms. The van der Waals surface area contributed by atoms with Gasteiger partial charge in [-0.15, -0.1) is 0 Å². The van der Waals surface area contributed by atoms with Crippen LogP contribution in [0.5, 0.6) is 0 Å². The monoisotopic (exact) mass is 398 g/mol. The van der Waals surface area contributed by atoms with Crippen LogP contribution in [0.1, 0.15) is 40.1 Å². The first-order valence-corrected chi connectivity index (χ1v) is 8.68. The van der Waals surface area contributed by atoms with Crippen molar-refractivity contribution >= 4 is 27.5 Å². The van der Waals surface area contributed by atoms with Gasteiger partial charge in [-0.25, -0.2) is 5.01 Å². The summed E-state index contributed by atoms with van der Waals surface area (Å²) in [6.45, 7) is 1.88. The molecule has 4 rings (SSSR count). The molecule has 1 amide bonds. The molecule has 1 aliphatic rings. The van der Waals surface area contributed by atoms with E-state index < -0.39 is 0 Å². The minimum Gasteiger partial charge on any atom is -0.464 e. The normalized spacial score (nSPS) is 17.0. The molecule has 1 aromatic carbocycles. The predicted molar refractivity (Wildman–Crippen MR) is 96.4 cm³/mol. The Morgan fingerprint density at radius 3 is 2.64 bits per heavy atom. The number of furan rings is 2. The third-order valence-corrected chi connectivity index (χ3v) is 4.65. The Labute approximate surface area is 153 Å². The van der Waals surface area contributed by atoms with Gasteiger partial charge >= 0.3 is 5.91 Å². The van der Waals surface area contributed by atoms with Crippen molar-refractivity contribution in [1.29, 1.82) is 0 Å². The lowest BCUT2D eigenvalue weighted by molar-refractivity contribution is 0.0659. The second-order valence-corrected chi connectivity index (χ2v) is 6.76. The zero-order valence-electron chi connectivity index (χ0n) is 13.5. The van der Waals surface area contributed by atoms with Crippen LogP contribution in [-0.4, -0.2) is 16.6 Å². The number of nitrogens with zero attached hydrogens (tertiary/aromatic N) is 2. The largest absolute Gasteiger partial charge is 0.464 e. The van der Waals surface area contributed by atoms with Crippen molar-refractivity contribution in [3.05, 3.63) is 82.1 Å². The number of carbonyl (C=O) groups is 1. The second-order valence-electron chi connectivity index (χ2n) is 5.85. The molecule has 0 saturated carbocycles. The van der Waals surface area contributed by atoms with E-state index in [1.54, 1.807) is 12.1 Å². The Balaban J connectivity index is 1.71. The van der Waals surface area contributed by atoms with Gasteiger partial charge < -0.3 is 8.83 Å². The smallest absolute Gasteiger partial charge is 0.310 e. The fourth-order valence-electron chi connectivity index (χ4n) is 2.88. The van der Waals surface area contributed by atoms with E-state index in [4.69, 9.17) is 8.83 Å². The molecule has 2 aromatic heterocycles. The molecule has 0 aliphatic carbocycles. The van der Waals surface area contributed by atoms with Gasteiger partial charge in [-0.3, -0.25) is 4.79 Å². The van der Waals surface area contributed by atoms with Gasteiger partial charge in [-0.2, -0.15) is 5.10 Å². The zero-order valence-corrected chi connectivity index (χ0v) is 15.1. The van der Waals surface area contributed by atoms with Crippen LogP contribution in [0.15, 0.2) is 73.2 Å². The Bertz CT molecular complexity index is 926. The number of hydrogen-bond donors (Lipinski definition) is 0. The van der Waals surface area contributed by atoms with Gasteiger partial charge in [0.1, 0.15) is 17.6 Å². The minimum absolute atomic E-state index is 0.258. The van der Waals surface area contributed by atoms with Gasteiger partial charge in [0.2, 0.25) is 0 Å². The van der Waals surface area contributed by atoms with Gasteiger partial charge in [-0.1, -0.05) is 28.1 Å². The van der Waals surface area contributed by atoms with Crippen molar-refractivity contribution in [2.75, 3.05) is 0 Å². The molecule has 1 atom stereocenters. The fourth-order valence-corrected chi connectivity index (χ4v) is 3.15. The molecule has 0 saturated heterocycles. The standard InChI is InChI=1S/C19H15BrN2O3/c1-12-4-9-17(25-12)16-11-15(13-5-7-14(20)8-6-13)21-22(16)19(23)18-3-2-10-24-18/h2-10,16H,11H2,1H3/t16-/m1/s1. The van der Waals surface area contributed by atoms with Crippen LogP contribution in [0.4, 0.5) is 0 Å². The van der Waals surface area contributed by atoms with Crippen LogP contribution in [0.3, 0.4) is 0 Å². The first-order valence-electron chi connectivity index (χ1n) is 7.88. The Morgan fingerprint density at radius 2 is 2.00 bits per heavy atom. The van der Waals surface area contributed by atoms with Crippen LogP contribution in [0.2, 0.25) is 0 Å². The summed E-state index contributed by atoms with van der Waals surface area (Å²) in [4.78, 5) is 12.8. The van der Waals surface area contributed by atoms with Crippen LogP contribution >= 0.6 is 15.9 Å². The van der Waals surface area contributed by atoms with Crippen molar-refractivity contribution in [3.8, 4) is 0 Å². The lowest BCUT2D eigenvalue weighted by Crippen LogP contribution is -2.26.